The van der Waals surface area contributed by atoms with E-state index in [0.717, 1.165) is 16.8 Å². The number of carbonyl (C=O) groups excluding carboxylic acids is 1. The Labute approximate surface area is 182 Å². The number of carboxylic acid groups (broad SMARTS) is 1. The van der Waals surface area contributed by atoms with Gasteiger partial charge in [0.1, 0.15) is 5.54 Å². The van der Waals surface area contributed by atoms with E-state index in [-0.39, 0.29) is 22.9 Å². The number of benzene rings is 2. The van der Waals surface area contributed by atoms with Crippen LogP contribution in [0.3, 0.4) is 0 Å². The maximum Gasteiger partial charge on any atom is 0.337 e. The molecule has 0 saturated heterocycles. The Morgan fingerprint density at radius 1 is 1.23 bits per heavy atom. The summed E-state index contributed by atoms with van der Waals surface area (Å²) in [4.78, 5) is 23.9. The Morgan fingerprint density at radius 2 is 1.93 bits per heavy atom. The lowest BCUT2D eigenvalue weighted by atomic mass is 9.72. The van der Waals surface area contributed by atoms with Crippen LogP contribution in [0.4, 0.5) is 11.4 Å². The zero-order valence-corrected chi connectivity index (χ0v) is 18.6. The second-order valence-corrected chi connectivity index (χ2v) is 9.43. The molecule has 1 atom stereocenters. The Kier molecular flexibility index (Phi) is 5.74. The van der Waals surface area contributed by atoms with Crippen molar-refractivity contribution in [3.63, 3.8) is 0 Å². The Morgan fingerprint density at radius 3 is 2.57 bits per heavy atom. The summed E-state index contributed by atoms with van der Waals surface area (Å²) in [6, 6.07) is 11.1. The van der Waals surface area contributed by atoms with Crippen LogP contribution in [0.1, 0.15) is 55.2 Å². The van der Waals surface area contributed by atoms with E-state index in [1.54, 1.807) is 7.05 Å². The highest BCUT2D eigenvalue weighted by Gasteiger charge is 2.38. The molecule has 1 unspecified atom stereocenters. The number of anilines is 2. The van der Waals surface area contributed by atoms with Crippen LogP contribution in [0.15, 0.2) is 36.4 Å². The fourth-order valence-corrected chi connectivity index (χ4v) is 4.38. The van der Waals surface area contributed by atoms with Crippen molar-refractivity contribution < 1.29 is 14.7 Å². The van der Waals surface area contributed by atoms with Crippen molar-refractivity contribution in [3.05, 3.63) is 58.1 Å². The first-order chi connectivity index (χ1) is 13.9. The van der Waals surface area contributed by atoms with E-state index in [9.17, 15) is 14.7 Å². The van der Waals surface area contributed by atoms with Gasteiger partial charge >= 0.3 is 5.97 Å². The van der Waals surface area contributed by atoms with Crippen molar-refractivity contribution in [1.29, 1.82) is 0 Å². The molecule has 1 heterocycles. The number of fused-ring (bicyclic) bond motifs is 1. The van der Waals surface area contributed by atoms with Crippen LogP contribution in [0, 0.1) is 5.41 Å². The number of carboxylic acids is 1. The number of nitrogens with one attached hydrogen (secondary N) is 3. The lowest BCUT2D eigenvalue weighted by Gasteiger charge is -2.42. The minimum atomic E-state index is -1.01. The molecule has 160 valence electrons. The molecule has 0 radical (unpaired) electrons. The summed E-state index contributed by atoms with van der Waals surface area (Å²) >= 11 is 6.16. The maximum absolute atomic E-state index is 12.1. The first-order valence-corrected chi connectivity index (χ1v) is 10.2. The highest BCUT2D eigenvalue weighted by Crippen LogP contribution is 2.47. The molecule has 7 heteroatoms. The number of rotatable bonds is 5. The lowest BCUT2D eigenvalue weighted by molar-refractivity contribution is -0.123. The van der Waals surface area contributed by atoms with Gasteiger partial charge in [-0.05, 0) is 61.1 Å². The summed E-state index contributed by atoms with van der Waals surface area (Å²) in [6.07, 6.45) is 0.683. The molecule has 4 N–H and O–H groups in total. The SMILES string of the molecule is CNC(=O)C(C)(C)Nc1cccc(C2Nc3c(cc(Cl)cc3C(=O)O)CC2(C)C)c1. The predicted molar refractivity (Wildman–Crippen MR) is 120 cm³/mol. The highest BCUT2D eigenvalue weighted by atomic mass is 35.5. The zero-order chi connectivity index (χ0) is 22.3. The summed E-state index contributed by atoms with van der Waals surface area (Å²) in [5.74, 6) is -1.12. The van der Waals surface area contributed by atoms with Crippen molar-refractivity contribution in [3.8, 4) is 0 Å². The summed E-state index contributed by atoms with van der Waals surface area (Å²) in [7, 11) is 1.61. The quantitative estimate of drug-likeness (QED) is 0.552. The van der Waals surface area contributed by atoms with Gasteiger partial charge in [0, 0.05) is 17.8 Å². The van der Waals surface area contributed by atoms with Gasteiger partial charge in [-0.3, -0.25) is 4.79 Å². The first-order valence-electron chi connectivity index (χ1n) is 9.87. The minimum absolute atomic E-state index is 0.110. The molecule has 0 aromatic heterocycles. The summed E-state index contributed by atoms with van der Waals surface area (Å²) in [5, 5.41) is 19.5. The molecule has 1 aliphatic rings. The van der Waals surface area contributed by atoms with Crippen LogP contribution in [-0.2, 0) is 11.2 Å². The molecule has 30 heavy (non-hydrogen) atoms. The van der Waals surface area contributed by atoms with Crippen LogP contribution in [-0.4, -0.2) is 29.6 Å². The Bertz CT molecular complexity index is 1000. The number of aromatic carboxylic acids is 1. The molecule has 1 amide bonds. The average Bonchev–Trinajstić information content (AvgIpc) is 2.65. The number of amides is 1. The third-order valence-corrected chi connectivity index (χ3v) is 5.82. The fourth-order valence-electron chi connectivity index (χ4n) is 4.14. The topological polar surface area (TPSA) is 90.5 Å². The molecule has 0 aliphatic carbocycles. The maximum atomic E-state index is 12.1. The van der Waals surface area contributed by atoms with Gasteiger partial charge in [-0.2, -0.15) is 0 Å². The standard InChI is InChI=1S/C23H28ClN3O3/c1-22(2)12-14-9-15(24)11-17(20(28)29)18(14)26-19(22)13-7-6-8-16(10-13)27-23(3,4)21(30)25-5/h6-11,19,26-27H,12H2,1-5H3,(H,25,30)(H,28,29). The van der Waals surface area contributed by atoms with Crippen LogP contribution in [0.2, 0.25) is 5.02 Å². The van der Waals surface area contributed by atoms with Crippen molar-refractivity contribution >= 4 is 34.9 Å². The van der Waals surface area contributed by atoms with Crippen molar-refractivity contribution in [1.82, 2.24) is 5.32 Å². The Balaban J connectivity index is 1.99. The Hall–Kier alpha value is -2.73. The van der Waals surface area contributed by atoms with Crippen molar-refractivity contribution in [2.75, 3.05) is 17.7 Å². The number of hydrogen-bond donors (Lipinski definition) is 4. The molecule has 1 aliphatic heterocycles. The van der Waals surface area contributed by atoms with E-state index in [0.29, 0.717) is 17.1 Å². The zero-order valence-electron chi connectivity index (χ0n) is 17.9. The summed E-state index contributed by atoms with van der Waals surface area (Å²) in [5.41, 5.74) is 2.55. The van der Waals surface area contributed by atoms with E-state index in [1.807, 2.05) is 44.2 Å². The third kappa shape index (κ3) is 4.24. The molecule has 3 rings (SSSR count). The largest absolute Gasteiger partial charge is 0.478 e. The van der Waals surface area contributed by atoms with Crippen LogP contribution < -0.4 is 16.0 Å². The fraction of sp³-hybridized carbons (Fsp3) is 0.391. The first kappa shape index (κ1) is 22.0. The van der Waals surface area contributed by atoms with Crippen molar-refractivity contribution in [2.45, 2.75) is 45.7 Å². The summed E-state index contributed by atoms with van der Waals surface area (Å²) < 4.78 is 0. The van der Waals surface area contributed by atoms with E-state index in [2.05, 4.69) is 29.8 Å². The van der Waals surface area contributed by atoms with Crippen LogP contribution in [0.25, 0.3) is 0 Å². The second-order valence-electron chi connectivity index (χ2n) is 8.99. The van der Waals surface area contributed by atoms with Gasteiger partial charge in [0.15, 0.2) is 0 Å². The second kappa shape index (κ2) is 7.84. The minimum Gasteiger partial charge on any atom is -0.478 e. The van der Waals surface area contributed by atoms with Gasteiger partial charge in [0.05, 0.1) is 17.3 Å². The van der Waals surface area contributed by atoms with Gasteiger partial charge in [-0.15, -0.1) is 0 Å². The number of carbonyl (C=O) groups is 2. The molecule has 0 bridgehead atoms. The number of likely N-dealkylation sites (N-methyl/N-ethyl adjacent to an activating group) is 1. The number of halogens is 1. The van der Waals surface area contributed by atoms with Crippen LogP contribution >= 0.6 is 11.6 Å². The number of hydrogen-bond acceptors (Lipinski definition) is 4. The molecule has 2 aromatic carbocycles. The molecule has 6 nitrogen and oxygen atoms in total. The van der Waals surface area contributed by atoms with Gasteiger partial charge in [-0.1, -0.05) is 37.6 Å². The van der Waals surface area contributed by atoms with Gasteiger partial charge < -0.3 is 21.1 Å². The average molecular weight is 430 g/mol. The summed E-state index contributed by atoms with van der Waals surface area (Å²) in [6.45, 7) is 7.92. The van der Waals surface area contributed by atoms with E-state index < -0.39 is 11.5 Å². The molecule has 0 saturated carbocycles. The monoisotopic (exact) mass is 429 g/mol. The highest BCUT2D eigenvalue weighted by molar-refractivity contribution is 6.31. The smallest absolute Gasteiger partial charge is 0.337 e. The predicted octanol–water partition coefficient (Wildman–Crippen LogP) is 4.71. The van der Waals surface area contributed by atoms with Crippen LogP contribution in [0.5, 0.6) is 0 Å². The lowest BCUT2D eigenvalue weighted by Crippen LogP contribution is -2.46. The normalized spacial score (nSPS) is 17.5. The molecule has 2 aromatic rings. The molecular formula is C23H28ClN3O3. The van der Waals surface area contributed by atoms with Crippen molar-refractivity contribution in [2.24, 2.45) is 5.41 Å². The third-order valence-electron chi connectivity index (χ3n) is 5.60. The van der Waals surface area contributed by atoms with Gasteiger partial charge in [-0.25, -0.2) is 4.79 Å². The van der Waals surface area contributed by atoms with E-state index in [4.69, 9.17) is 11.6 Å². The molecular weight excluding hydrogens is 402 g/mol. The molecule has 0 spiro atoms. The van der Waals surface area contributed by atoms with E-state index >= 15 is 0 Å². The molecule has 0 fully saturated rings. The van der Waals surface area contributed by atoms with E-state index in [1.165, 1.54) is 6.07 Å². The van der Waals surface area contributed by atoms with Gasteiger partial charge in [0.25, 0.3) is 0 Å². The van der Waals surface area contributed by atoms with Gasteiger partial charge in [0.2, 0.25) is 5.91 Å².